The zero-order valence-corrected chi connectivity index (χ0v) is 16.6. The number of barbiturate groups is 1. The number of hydrogen-bond donors (Lipinski definition) is 0. The number of amides is 4. The van der Waals surface area contributed by atoms with Crippen molar-refractivity contribution in [3.63, 3.8) is 0 Å². The van der Waals surface area contributed by atoms with Crippen molar-refractivity contribution < 1.29 is 23.2 Å². The molecule has 0 aromatic heterocycles. The van der Waals surface area contributed by atoms with Gasteiger partial charge in [-0.2, -0.15) is 0 Å². The van der Waals surface area contributed by atoms with Crippen molar-refractivity contribution in [3.05, 3.63) is 72.4 Å². The van der Waals surface area contributed by atoms with Crippen LogP contribution < -0.4 is 0 Å². The average Bonchev–Trinajstić information content (AvgIpc) is 2.66. The highest BCUT2D eigenvalue weighted by atomic mass is 31.0. The maximum Gasteiger partial charge on any atom is 0.338 e. The molecular weight excluding hydrogens is 397 g/mol. The van der Waals surface area contributed by atoms with E-state index in [2.05, 4.69) is 15.4 Å². The Hall–Kier alpha value is -2.92. The fourth-order valence-electron chi connectivity index (χ4n) is 2.86. The van der Waals surface area contributed by atoms with Gasteiger partial charge in [0.15, 0.2) is 12.6 Å². The Morgan fingerprint density at radius 2 is 1.72 bits per heavy atom. The van der Waals surface area contributed by atoms with Crippen LogP contribution in [-0.2, 0) is 16.0 Å². The van der Waals surface area contributed by atoms with Crippen LogP contribution in [-0.4, -0.2) is 46.0 Å². The van der Waals surface area contributed by atoms with Gasteiger partial charge in [-0.1, -0.05) is 61.2 Å². The predicted octanol–water partition coefficient (Wildman–Crippen LogP) is 4.00. The largest absolute Gasteiger partial charge is 0.338 e. The average molecular weight is 418 g/mol. The molecule has 1 aliphatic heterocycles. The van der Waals surface area contributed by atoms with Gasteiger partial charge >= 0.3 is 6.03 Å². The van der Waals surface area contributed by atoms with E-state index < -0.39 is 36.9 Å². The maximum atomic E-state index is 14.9. The van der Waals surface area contributed by atoms with Crippen LogP contribution in [0.15, 0.2) is 66.8 Å². The first-order valence-electron chi connectivity index (χ1n) is 8.88. The lowest BCUT2D eigenvalue weighted by molar-refractivity contribution is -0.149. The summed E-state index contributed by atoms with van der Waals surface area (Å²) in [6, 6.07) is 7.13. The molecule has 1 fully saturated rings. The number of hydrogen-bond acceptors (Lipinski definition) is 3. The minimum Gasteiger partial charge on any atom is -0.274 e. The highest BCUT2D eigenvalue weighted by Gasteiger charge is 2.45. The van der Waals surface area contributed by atoms with Crippen LogP contribution in [0.4, 0.5) is 13.6 Å². The molecule has 0 spiro atoms. The van der Waals surface area contributed by atoms with Crippen LogP contribution in [0, 0.1) is 0 Å². The van der Waals surface area contributed by atoms with Gasteiger partial charge in [-0.15, -0.1) is 8.86 Å². The second kappa shape index (κ2) is 10.6. The summed E-state index contributed by atoms with van der Waals surface area (Å²) in [5.41, 5.74) is 1.02. The number of halogens is 2. The molecule has 152 valence electrons. The summed E-state index contributed by atoms with van der Waals surface area (Å²) in [6.45, 7) is 3.52. The lowest BCUT2D eigenvalue weighted by atomic mass is 10.1. The van der Waals surface area contributed by atoms with Crippen LogP contribution in [0.2, 0.25) is 0 Å². The molecule has 8 heteroatoms. The molecule has 1 aromatic carbocycles. The molecule has 1 aromatic rings. The van der Waals surface area contributed by atoms with Crippen molar-refractivity contribution in [3.8, 4) is 0 Å². The van der Waals surface area contributed by atoms with Crippen molar-refractivity contribution in [1.29, 1.82) is 0 Å². The van der Waals surface area contributed by atoms with Crippen molar-refractivity contribution in [2.75, 3.05) is 0 Å². The van der Waals surface area contributed by atoms with Gasteiger partial charge in [0.05, 0.1) is 0 Å². The molecule has 0 radical (unpaired) electrons. The molecule has 1 saturated heterocycles. The highest BCUT2D eigenvalue weighted by molar-refractivity contribution is 7.18. The van der Waals surface area contributed by atoms with Gasteiger partial charge < -0.3 is 0 Å². The van der Waals surface area contributed by atoms with Gasteiger partial charge in [0.25, 0.3) is 0 Å². The van der Waals surface area contributed by atoms with E-state index >= 15 is 0 Å². The van der Waals surface area contributed by atoms with Gasteiger partial charge in [0.1, 0.15) is 6.42 Å². The first-order chi connectivity index (χ1) is 13.9. The molecule has 2 rings (SSSR count). The van der Waals surface area contributed by atoms with Crippen LogP contribution in [0.5, 0.6) is 0 Å². The first kappa shape index (κ1) is 22.4. The third kappa shape index (κ3) is 5.78. The van der Waals surface area contributed by atoms with E-state index in [1.54, 1.807) is 48.6 Å². The molecular formula is C21H21F2N2O3P. The van der Waals surface area contributed by atoms with Gasteiger partial charge in [0, 0.05) is 12.8 Å². The van der Waals surface area contributed by atoms with Crippen LogP contribution in [0.1, 0.15) is 18.4 Å². The molecule has 5 nitrogen and oxygen atoms in total. The fraction of sp³-hybridized carbons (Fsp3) is 0.238. The normalized spacial score (nSPS) is 17.6. The third-order valence-electron chi connectivity index (χ3n) is 4.21. The van der Waals surface area contributed by atoms with Crippen molar-refractivity contribution >= 4 is 32.5 Å². The van der Waals surface area contributed by atoms with E-state index in [1.165, 1.54) is 11.9 Å². The summed E-state index contributed by atoms with van der Waals surface area (Å²) < 4.78 is 29.6. The number of benzene rings is 1. The monoisotopic (exact) mass is 418 g/mol. The van der Waals surface area contributed by atoms with Gasteiger partial charge in [-0.25, -0.2) is 23.4 Å². The second-order valence-corrected chi connectivity index (χ2v) is 6.59. The summed E-state index contributed by atoms with van der Waals surface area (Å²) in [7, 11) is 3.14. The summed E-state index contributed by atoms with van der Waals surface area (Å²) in [4.78, 5) is 37.6. The van der Waals surface area contributed by atoms with Crippen LogP contribution in [0.3, 0.4) is 0 Å². The Balaban J connectivity index is 2.20. The fourth-order valence-corrected chi connectivity index (χ4v) is 3.07. The van der Waals surface area contributed by atoms with E-state index in [-0.39, 0.29) is 12.8 Å². The number of allylic oxidation sites excluding steroid dienone is 4. The van der Waals surface area contributed by atoms with E-state index in [0.29, 0.717) is 20.9 Å². The molecule has 1 aliphatic rings. The quantitative estimate of drug-likeness (QED) is 0.264. The van der Waals surface area contributed by atoms with Crippen molar-refractivity contribution in [2.24, 2.45) is 0 Å². The molecule has 1 heterocycles. The number of carbonyl (C=O) groups excluding carboxylic acids is 3. The number of alkyl halides is 2. The minimum absolute atomic E-state index is 0.247. The number of urea groups is 1. The lowest BCUT2D eigenvalue weighted by Crippen LogP contribution is -2.59. The summed E-state index contributed by atoms with van der Waals surface area (Å²) in [5, 5.41) is 0. The van der Waals surface area contributed by atoms with Crippen molar-refractivity contribution in [1.82, 2.24) is 9.80 Å². The smallest absolute Gasteiger partial charge is 0.274 e. The molecule has 0 saturated carbocycles. The Morgan fingerprint density at radius 3 is 2.31 bits per heavy atom. The van der Waals surface area contributed by atoms with Crippen LogP contribution >= 0.6 is 8.86 Å². The third-order valence-corrected chi connectivity index (χ3v) is 4.37. The zero-order chi connectivity index (χ0) is 21.4. The number of rotatable bonds is 9. The number of carbonyl (C=O) groups is 3. The van der Waals surface area contributed by atoms with Gasteiger partial charge in [-0.3, -0.25) is 9.59 Å². The van der Waals surface area contributed by atoms with E-state index in [0.717, 1.165) is 0 Å². The molecule has 0 bridgehead atoms. The summed E-state index contributed by atoms with van der Waals surface area (Å²) in [6.07, 6.45) is 0.763. The van der Waals surface area contributed by atoms with Crippen molar-refractivity contribution in [2.45, 2.75) is 31.9 Å². The standard InChI is InChI=1S/C21H21F2N2O3P/c1-2-3-7-16(10-11-29)13-18(23)25-20(27)14-19(26)24(21(25)28)17(22)12-15-8-5-4-6-9-15/h2-11,17-18,29H,1,12-14H2/b7-3-,16-10+/t17-,18+/m1/s1. The molecule has 0 N–H and O–H groups in total. The lowest BCUT2D eigenvalue weighted by Gasteiger charge is -2.36. The van der Waals surface area contributed by atoms with E-state index in [4.69, 9.17) is 0 Å². The molecule has 2 atom stereocenters. The Kier molecular flexibility index (Phi) is 8.16. The Bertz CT molecular complexity index is 855. The number of imide groups is 2. The minimum atomic E-state index is -2.05. The topological polar surface area (TPSA) is 57.7 Å². The van der Waals surface area contributed by atoms with Gasteiger partial charge in [0.2, 0.25) is 11.8 Å². The summed E-state index contributed by atoms with van der Waals surface area (Å²) in [5.74, 6) is -0.490. The Morgan fingerprint density at radius 1 is 1.10 bits per heavy atom. The summed E-state index contributed by atoms with van der Waals surface area (Å²) >= 11 is 0. The zero-order valence-electron chi connectivity index (χ0n) is 15.6. The van der Waals surface area contributed by atoms with E-state index in [9.17, 15) is 23.2 Å². The Labute approximate surface area is 170 Å². The molecule has 0 unspecified atom stereocenters. The highest BCUT2D eigenvalue weighted by Crippen LogP contribution is 2.24. The van der Waals surface area contributed by atoms with E-state index in [1.807, 2.05) is 0 Å². The SMILES string of the molecule is C=C/C=C\C(=C/C=P)C[C@@H](F)N1C(=O)CC(=O)N([C@@H](F)Cc2ccccc2)C1=O. The number of nitrogens with zero attached hydrogens (tertiary/aromatic N) is 2. The maximum absolute atomic E-state index is 14.9. The first-order valence-corrected chi connectivity index (χ1v) is 9.45. The molecule has 29 heavy (non-hydrogen) atoms. The molecule has 4 amide bonds. The van der Waals surface area contributed by atoms with Gasteiger partial charge in [-0.05, 0) is 16.9 Å². The van der Waals surface area contributed by atoms with Crippen LogP contribution in [0.25, 0.3) is 0 Å². The predicted molar refractivity (Wildman–Crippen MR) is 110 cm³/mol. The molecule has 0 aliphatic carbocycles. The second-order valence-electron chi connectivity index (χ2n) is 6.25.